The topological polar surface area (TPSA) is 31.5 Å². The van der Waals surface area contributed by atoms with E-state index in [2.05, 4.69) is 48.5 Å². The fraction of sp³-hybridized carbons (Fsp3) is 1.00. The second kappa shape index (κ2) is 21.0. The van der Waals surface area contributed by atoms with E-state index in [9.17, 15) is 0 Å². The first-order valence-corrected chi connectivity index (χ1v) is 9.97. The van der Waals surface area contributed by atoms with Crippen LogP contribution < -0.4 is 0 Å². The molecule has 0 bridgehead atoms. The smallest absolute Gasteiger partial charge is 0.0440 e. The van der Waals surface area contributed by atoms with Crippen LogP contribution in [0.2, 0.25) is 0 Å². The van der Waals surface area contributed by atoms with Crippen molar-refractivity contribution < 1.29 is 5.48 Å². The van der Waals surface area contributed by atoms with E-state index in [1.807, 2.05) is 0 Å². The van der Waals surface area contributed by atoms with Crippen LogP contribution in [0.15, 0.2) is 0 Å². The Hall–Kier alpha value is -0.0400. The van der Waals surface area contributed by atoms with Gasteiger partial charge in [0.2, 0.25) is 0 Å². The fourth-order valence-corrected chi connectivity index (χ4v) is 3.05. The molecule has 0 aliphatic carbocycles. The highest BCUT2D eigenvalue weighted by molar-refractivity contribution is 4.56. The molecule has 0 saturated heterocycles. The second-order valence-corrected chi connectivity index (χ2v) is 7.62. The summed E-state index contributed by atoms with van der Waals surface area (Å²) in [6.45, 7) is 16.2. The van der Waals surface area contributed by atoms with E-state index in [1.54, 1.807) is 0 Å². The predicted molar refractivity (Wildman–Crippen MR) is 105 cm³/mol. The molecule has 22 heavy (non-hydrogen) atoms. The zero-order valence-electron chi connectivity index (χ0n) is 17.0. The lowest BCUT2D eigenvalue weighted by Crippen LogP contribution is -1.99. The van der Waals surface area contributed by atoms with Crippen LogP contribution in [-0.2, 0) is 0 Å². The van der Waals surface area contributed by atoms with Gasteiger partial charge in [0, 0.05) is 0 Å². The van der Waals surface area contributed by atoms with E-state index in [0.29, 0.717) is 0 Å². The molecule has 0 aromatic heterocycles. The van der Waals surface area contributed by atoms with Crippen molar-refractivity contribution in [1.29, 1.82) is 0 Å². The van der Waals surface area contributed by atoms with Crippen molar-refractivity contribution in [2.24, 2.45) is 17.8 Å². The molecule has 2 N–H and O–H groups in total. The first-order chi connectivity index (χ1) is 9.97. The van der Waals surface area contributed by atoms with Gasteiger partial charge in [0.1, 0.15) is 0 Å². The summed E-state index contributed by atoms with van der Waals surface area (Å²) in [5.41, 5.74) is 0. The van der Waals surface area contributed by atoms with E-state index in [4.69, 9.17) is 0 Å². The molecule has 0 heterocycles. The van der Waals surface area contributed by atoms with Crippen LogP contribution in [0.4, 0.5) is 0 Å². The minimum atomic E-state index is 0. The lowest BCUT2D eigenvalue weighted by Gasteiger charge is -2.12. The van der Waals surface area contributed by atoms with Gasteiger partial charge in [0.05, 0.1) is 0 Å². The minimum Gasteiger partial charge on any atom is -0.412 e. The van der Waals surface area contributed by atoms with Crippen LogP contribution in [0.1, 0.15) is 119 Å². The quantitative estimate of drug-likeness (QED) is 0.335. The van der Waals surface area contributed by atoms with Gasteiger partial charge in [-0.3, -0.25) is 0 Å². The van der Waals surface area contributed by atoms with E-state index in [0.717, 1.165) is 17.8 Å². The Morgan fingerprint density at radius 1 is 0.545 bits per heavy atom. The summed E-state index contributed by atoms with van der Waals surface area (Å²) in [6.07, 6.45) is 15.5. The molecule has 1 nitrogen and oxygen atoms in total. The molecule has 0 rings (SSSR count). The molecule has 0 aliphatic heterocycles. The molecule has 0 fully saturated rings. The Labute approximate surface area is 143 Å². The van der Waals surface area contributed by atoms with Gasteiger partial charge in [-0.15, -0.1) is 0 Å². The number of unbranched alkanes of at least 4 members (excludes halogenated alkanes) is 4. The van der Waals surface area contributed by atoms with Gasteiger partial charge < -0.3 is 5.48 Å². The maximum absolute atomic E-state index is 2.38. The Balaban J connectivity index is -0.000000315. The Morgan fingerprint density at radius 2 is 1.00 bits per heavy atom. The first kappa shape index (κ1) is 26.8. The van der Waals surface area contributed by atoms with Crippen molar-refractivity contribution in [2.75, 3.05) is 0 Å². The third-order valence-electron chi connectivity index (χ3n) is 4.26. The van der Waals surface area contributed by atoms with Gasteiger partial charge in [0.15, 0.2) is 0 Å². The number of rotatable bonds is 12. The SMILES string of the molecule is CCCCCC(C)CCC.CCCCC[C@H](C)CC(C)C.O. The lowest BCUT2D eigenvalue weighted by molar-refractivity contribution is 0.400. The van der Waals surface area contributed by atoms with E-state index < -0.39 is 0 Å². The molecule has 0 amide bonds. The summed E-state index contributed by atoms with van der Waals surface area (Å²) in [4.78, 5) is 0. The van der Waals surface area contributed by atoms with Gasteiger partial charge >= 0.3 is 0 Å². The molecule has 0 aromatic rings. The zero-order chi connectivity index (χ0) is 16.5. The molecule has 1 heteroatoms. The molecular weight excluding hydrogens is 268 g/mol. The summed E-state index contributed by atoms with van der Waals surface area (Å²) in [5, 5.41) is 0. The van der Waals surface area contributed by atoms with Crippen LogP contribution in [0.3, 0.4) is 0 Å². The van der Waals surface area contributed by atoms with Gasteiger partial charge in [-0.2, -0.15) is 0 Å². The number of hydrogen-bond donors (Lipinski definition) is 0. The molecule has 0 radical (unpaired) electrons. The molecule has 138 valence electrons. The first-order valence-electron chi connectivity index (χ1n) is 9.97. The maximum atomic E-state index is 2.38. The van der Waals surface area contributed by atoms with Gasteiger partial charge in [-0.1, -0.05) is 113 Å². The van der Waals surface area contributed by atoms with Crippen molar-refractivity contribution in [3.8, 4) is 0 Å². The predicted octanol–water partition coefficient (Wildman–Crippen LogP) is 7.43. The summed E-state index contributed by atoms with van der Waals surface area (Å²) < 4.78 is 0. The highest BCUT2D eigenvalue weighted by Crippen LogP contribution is 2.17. The molecule has 1 unspecified atom stereocenters. The van der Waals surface area contributed by atoms with Crippen LogP contribution in [0.5, 0.6) is 0 Å². The van der Waals surface area contributed by atoms with Gasteiger partial charge in [0.25, 0.3) is 0 Å². The molecule has 0 spiro atoms. The van der Waals surface area contributed by atoms with Crippen molar-refractivity contribution in [3.05, 3.63) is 0 Å². The molecule has 0 saturated carbocycles. The summed E-state index contributed by atoms with van der Waals surface area (Å²) in [5.74, 6) is 2.80. The molecular formula is C21H48O. The van der Waals surface area contributed by atoms with Crippen molar-refractivity contribution in [3.63, 3.8) is 0 Å². The van der Waals surface area contributed by atoms with Crippen molar-refractivity contribution in [1.82, 2.24) is 0 Å². The highest BCUT2D eigenvalue weighted by Gasteiger charge is 2.03. The standard InChI is InChI=1S/C11H24.C10H22.H2O/c1-5-6-7-8-11(4)9-10(2)3;1-4-6-7-9-10(3)8-5-2;/h10-11H,5-9H2,1-4H3;10H,4-9H2,1-3H3;1H2/t11-;;/m0../s1. The largest absolute Gasteiger partial charge is 0.412 e. The van der Waals surface area contributed by atoms with Crippen LogP contribution in [0, 0.1) is 17.8 Å². The minimum absolute atomic E-state index is 0. The highest BCUT2D eigenvalue weighted by atomic mass is 16.0. The summed E-state index contributed by atoms with van der Waals surface area (Å²) in [7, 11) is 0. The van der Waals surface area contributed by atoms with E-state index in [-0.39, 0.29) is 5.48 Å². The van der Waals surface area contributed by atoms with Gasteiger partial charge in [-0.25, -0.2) is 0 Å². The maximum Gasteiger partial charge on any atom is -0.0440 e. The van der Waals surface area contributed by atoms with E-state index >= 15 is 0 Å². The third-order valence-corrected chi connectivity index (χ3v) is 4.26. The van der Waals surface area contributed by atoms with Crippen LogP contribution in [-0.4, -0.2) is 5.48 Å². The van der Waals surface area contributed by atoms with Gasteiger partial charge in [-0.05, 0) is 24.2 Å². The number of hydrogen-bond acceptors (Lipinski definition) is 0. The Bertz CT molecular complexity index is 177. The summed E-state index contributed by atoms with van der Waals surface area (Å²) in [6, 6.07) is 0. The van der Waals surface area contributed by atoms with E-state index in [1.165, 1.54) is 70.6 Å². The molecule has 0 aliphatic rings. The second-order valence-electron chi connectivity index (χ2n) is 7.62. The third kappa shape index (κ3) is 24.9. The van der Waals surface area contributed by atoms with Crippen molar-refractivity contribution in [2.45, 2.75) is 119 Å². The average molecular weight is 317 g/mol. The lowest BCUT2D eigenvalue weighted by atomic mass is 9.94. The van der Waals surface area contributed by atoms with Crippen LogP contribution in [0.25, 0.3) is 0 Å². The Morgan fingerprint density at radius 3 is 1.36 bits per heavy atom. The fourth-order valence-electron chi connectivity index (χ4n) is 3.05. The normalized spacial score (nSPS) is 13.1. The summed E-state index contributed by atoms with van der Waals surface area (Å²) >= 11 is 0. The van der Waals surface area contributed by atoms with Crippen molar-refractivity contribution >= 4 is 0 Å². The Kier molecular flexibility index (Phi) is 25.6. The molecule has 2 atom stereocenters. The average Bonchev–Trinajstić information content (AvgIpc) is 2.39. The van der Waals surface area contributed by atoms with Crippen LogP contribution >= 0.6 is 0 Å². The zero-order valence-corrected chi connectivity index (χ0v) is 17.0. The monoisotopic (exact) mass is 316 g/mol. The molecule has 0 aromatic carbocycles.